The van der Waals surface area contributed by atoms with Gasteiger partial charge in [0, 0.05) is 30.9 Å². The first-order chi connectivity index (χ1) is 8.81. The zero-order chi connectivity index (χ0) is 12.4. The lowest BCUT2D eigenvalue weighted by molar-refractivity contribution is 0.318. The van der Waals surface area contributed by atoms with Crippen molar-refractivity contribution in [1.82, 2.24) is 10.2 Å². The third-order valence-corrected chi connectivity index (χ3v) is 4.08. The number of likely N-dealkylation sites (tertiary alicyclic amines) is 1. The number of nitrogen functional groups attached to an aromatic ring is 1. The number of nitrogens with zero attached hydrogens (tertiary/aromatic N) is 1. The normalized spacial score (nSPS) is 24.6. The molecule has 1 aromatic carbocycles. The molecule has 3 rings (SSSR count). The van der Waals surface area contributed by atoms with Crippen LogP contribution in [0.1, 0.15) is 24.8 Å². The minimum Gasteiger partial charge on any atom is -0.399 e. The van der Waals surface area contributed by atoms with E-state index in [2.05, 4.69) is 22.3 Å². The Balaban J connectivity index is 1.39. The number of hydrogen-bond donors (Lipinski definition) is 2. The average Bonchev–Trinajstić information content (AvgIpc) is 3.10. The molecule has 1 saturated heterocycles. The second-order valence-electron chi connectivity index (χ2n) is 5.66. The summed E-state index contributed by atoms with van der Waals surface area (Å²) in [5.41, 5.74) is 7.99. The van der Waals surface area contributed by atoms with E-state index in [1.807, 2.05) is 12.1 Å². The number of rotatable bonds is 5. The van der Waals surface area contributed by atoms with E-state index >= 15 is 0 Å². The van der Waals surface area contributed by atoms with E-state index in [0.29, 0.717) is 6.04 Å². The maximum atomic E-state index is 5.78. The molecular formula is C15H23N3. The zero-order valence-corrected chi connectivity index (χ0v) is 10.9. The molecule has 2 fully saturated rings. The molecule has 3 heteroatoms. The molecule has 0 aromatic heterocycles. The molecule has 0 bridgehead atoms. The van der Waals surface area contributed by atoms with Crippen molar-refractivity contribution in [3.63, 3.8) is 0 Å². The second-order valence-corrected chi connectivity index (χ2v) is 5.66. The van der Waals surface area contributed by atoms with Gasteiger partial charge in [0.25, 0.3) is 0 Å². The highest BCUT2D eigenvalue weighted by molar-refractivity contribution is 5.40. The van der Waals surface area contributed by atoms with Gasteiger partial charge < -0.3 is 11.1 Å². The number of hydrogen-bond acceptors (Lipinski definition) is 3. The molecule has 3 N–H and O–H groups in total. The number of benzene rings is 1. The van der Waals surface area contributed by atoms with Crippen LogP contribution in [-0.4, -0.2) is 36.6 Å². The van der Waals surface area contributed by atoms with Crippen molar-refractivity contribution in [3.8, 4) is 0 Å². The molecule has 1 unspecified atom stereocenters. The van der Waals surface area contributed by atoms with Crippen LogP contribution in [0.5, 0.6) is 0 Å². The van der Waals surface area contributed by atoms with Crippen LogP contribution in [0.2, 0.25) is 0 Å². The highest BCUT2D eigenvalue weighted by atomic mass is 15.2. The molecule has 0 radical (unpaired) electrons. The number of nitrogens with two attached hydrogens (primary N) is 1. The summed E-state index contributed by atoms with van der Waals surface area (Å²) in [6, 6.07) is 9.84. The van der Waals surface area contributed by atoms with E-state index < -0.39 is 0 Å². The molecule has 18 heavy (non-hydrogen) atoms. The zero-order valence-electron chi connectivity index (χ0n) is 10.9. The summed E-state index contributed by atoms with van der Waals surface area (Å²) in [6.45, 7) is 3.61. The Morgan fingerprint density at radius 2 is 2.17 bits per heavy atom. The van der Waals surface area contributed by atoms with Gasteiger partial charge in [-0.2, -0.15) is 0 Å². The van der Waals surface area contributed by atoms with E-state index in [1.165, 1.54) is 37.9 Å². The lowest BCUT2D eigenvalue weighted by Gasteiger charge is -2.15. The molecule has 98 valence electrons. The molecule has 0 spiro atoms. The predicted molar refractivity (Wildman–Crippen MR) is 75.6 cm³/mol. The van der Waals surface area contributed by atoms with Crippen molar-refractivity contribution in [1.29, 1.82) is 0 Å². The summed E-state index contributed by atoms with van der Waals surface area (Å²) in [4.78, 5) is 2.65. The Hall–Kier alpha value is -1.06. The maximum absolute atomic E-state index is 5.78. The van der Waals surface area contributed by atoms with E-state index in [0.717, 1.165) is 24.7 Å². The first-order valence-electron chi connectivity index (χ1n) is 7.13. The van der Waals surface area contributed by atoms with Gasteiger partial charge in [0.15, 0.2) is 0 Å². The van der Waals surface area contributed by atoms with E-state index in [9.17, 15) is 0 Å². The van der Waals surface area contributed by atoms with Crippen molar-refractivity contribution >= 4 is 5.69 Å². The Bertz CT molecular complexity index is 400. The molecule has 1 aromatic rings. The topological polar surface area (TPSA) is 41.3 Å². The second kappa shape index (κ2) is 5.29. The Morgan fingerprint density at radius 3 is 2.94 bits per heavy atom. The van der Waals surface area contributed by atoms with E-state index in [-0.39, 0.29) is 0 Å². The van der Waals surface area contributed by atoms with E-state index in [1.54, 1.807) is 0 Å². The SMILES string of the molecule is Nc1cccc(CCNC2CCN(C3CC3)C2)c1. The van der Waals surface area contributed by atoms with Gasteiger partial charge in [-0.25, -0.2) is 0 Å². The molecule has 1 heterocycles. The third kappa shape index (κ3) is 3.03. The molecule has 2 aliphatic rings. The van der Waals surface area contributed by atoms with Crippen molar-refractivity contribution in [3.05, 3.63) is 29.8 Å². The highest BCUT2D eigenvalue weighted by Gasteiger charge is 2.33. The Kier molecular flexibility index (Phi) is 3.52. The van der Waals surface area contributed by atoms with Crippen LogP contribution in [-0.2, 0) is 6.42 Å². The van der Waals surface area contributed by atoms with Crippen LogP contribution in [0.3, 0.4) is 0 Å². The fourth-order valence-corrected chi connectivity index (χ4v) is 2.89. The minimum absolute atomic E-state index is 0.701. The van der Waals surface area contributed by atoms with Crippen LogP contribution in [0.25, 0.3) is 0 Å². The summed E-state index contributed by atoms with van der Waals surface area (Å²) in [7, 11) is 0. The van der Waals surface area contributed by atoms with Crippen molar-refractivity contribution < 1.29 is 0 Å². The molecular weight excluding hydrogens is 222 g/mol. The average molecular weight is 245 g/mol. The molecule has 1 saturated carbocycles. The van der Waals surface area contributed by atoms with Gasteiger partial charge in [-0.15, -0.1) is 0 Å². The van der Waals surface area contributed by atoms with Crippen LogP contribution in [0, 0.1) is 0 Å². The van der Waals surface area contributed by atoms with Crippen LogP contribution < -0.4 is 11.1 Å². The van der Waals surface area contributed by atoms with Gasteiger partial charge in [-0.3, -0.25) is 4.90 Å². The Labute approximate surface area is 109 Å². The smallest absolute Gasteiger partial charge is 0.0316 e. The quantitative estimate of drug-likeness (QED) is 0.775. The van der Waals surface area contributed by atoms with Crippen LogP contribution >= 0.6 is 0 Å². The van der Waals surface area contributed by atoms with Crippen LogP contribution in [0.4, 0.5) is 5.69 Å². The van der Waals surface area contributed by atoms with Crippen molar-refractivity contribution in [2.75, 3.05) is 25.4 Å². The number of nitrogens with one attached hydrogen (secondary N) is 1. The fraction of sp³-hybridized carbons (Fsp3) is 0.600. The Morgan fingerprint density at radius 1 is 1.28 bits per heavy atom. The first-order valence-corrected chi connectivity index (χ1v) is 7.13. The molecule has 1 aliphatic heterocycles. The van der Waals surface area contributed by atoms with Gasteiger partial charge in [0.05, 0.1) is 0 Å². The first kappa shape index (κ1) is 12.0. The lowest BCUT2D eigenvalue weighted by Crippen LogP contribution is -2.34. The molecule has 1 atom stereocenters. The standard InChI is InChI=1S/C15H23N3/c16-13-3-1-2-12(10-13)6-8-17-14-7-9-18(11-14)15-4-5-15/h1-3,10,14-15,17H,4-9,11,16H2. The third-order valence-electron chi connectivity index (χ3n) is 4.08. The highest BCUT2D eigenvalue weighted by Crippen LogP contribution is 2.29. The van der Waals surface area contributed by atoms with Crippen molar-refractivity contribution in [2.45, 2.75) is 37.8 Å². The minimum atomic E-state index is 0.701. The molecule has 3 nitrogen and oxygen atoms in total. The van der Waals surface area contributed by atoms with Crippen LogP contribution in [0.15, 0.2) is 24.3 Å². The van der Waals surface area contributed by atoms with E-state index in [4.69, 9.17) is 5.73 Å². The predicted octanol–water partition coefficient (Wildman–Crippen LogP) is 1.64. The van der Waals surface area contributed by atoms with Gasteiger partial charge in [0.1, 0.15) is 0 Å². The van der Waals surface area contributed by atoms with Gasteiger partial charge in [0.2, 0.25) is 0 Å². The maximum Gasteiger partial charge on any atom is 0.0316 e. The molecule has 0 amide bonds. The van der Waals surface area contributed by atoms with Gasteiger partial charge in [-0.1, -0.05) is 12.1 Å². The summed E-state index contributed by atoms with van der Waals surface area (Å²) < 4.78 is 0. The summed E-state index contributed by atoms with van der Waals surface area (Å²) in [5.74, 6) is 0. The molecule has 1 aliphatic carbocycles. The summed E-state index contributed by atoms with van der Waals surface area (Å²) >= 11 is 0. The van der Waals surface area contributed by atoms with Gasteiger partial charge >= 0.3 is 0 Å². The summed E-state index contributed by atoms with van der Waals surface area (Å²) in [6.07, 6.45) is 5.24. The monoisotopic (exact) mass is 245 g/mol. The summed E-state index contributed by atoms with van der Waals surface area (Å²) in [5, 5.41) is 3.68. The van der Waals surface area contributed by atoms with Crippen molar-refractivity contribution in [2.24, 2.45) is 0 Å². The largest absolute Gasteiger partial charge is 0.399 e. The fourth-order valence-electron chi connectivity index (χ4n) is 2.89. The lowest BCUT2D eigenvalue weighted by atomic mass is 10.1. The number of anilines is 1. The van der Waals surface area contributed by atoms with Gasteiger partial charge in [-0.05, 0) is 49.9 Å².